The number of hydrogen-bond acceptors (Lipinski definition) is 4. The van der Waals surface area contributed by atoms with Crippen LogP contribution in [0.3, 0.4) is 0 Å². The Morgan fingerprint density at radius 3 is 2.63 bits per heavy atom. The van der Waals surface area contributed by atoms with E-state index in [1.165, 1.54) is 0 Å². The van der Waals surface area contributed by atoms with E-state index in [0.29, 0.717) is 26.2 Å². The normalized spacial score (nSPS) is 25.3. The molecule has 5 nitrogen and oxygen atoms in total. The van der Waals surface area contributed by atoms with Crippen LogP contribution in [0, 0.1) is 12.8 Å². The second-order valence-electron chi connectivity index (χ2n) is 5.08. The van der Waals surface area contributed by atoms with E-state index >= 15 is 0 Å². The molecule has 2 unspecified atom stereocenters. The summed E-state index contributed by atoms with van der Waals surface area (Å²) in [4.78, 5) is 11.0. The molecule has 1 saturated heterocycles. The number of nitrogens with one attached hydrogen (secondary N) is 1. The van der Waals surface area contributed by atoms with Crippen LogP contribution in [0.15, 0.2) is 12.1 Å². The van der Waals surface area contributed by atoms with E-state index in [0.717, 1.165) is 22.6 Å². The first-order chi connectivity index (χ1) is 9.15. The number of benzene rings is 1. The molecule has 0 amide bonds. The van der Waals surface area contributed by atoms with Crippen LogP contribution >= 0.6 is 0 Å². The molecule has 2 N–H and O–H groups in total. The summed E-state index contributed by atoms with van der Waals surface area (Å²) in [6, 6.07) is 4.03. The standard InChI is InChI=1S/C14H17NO4/c1-8-4-12-13(19-3-2-18-12)6-10(8)11-5-9(7-15-11)14(16)17/h4,6,9,11,15H,2-3,5,7H2,1H3,(H,16,17). The molecule has 5 heteroatoms. The van der Waals surface area contributed by atoms with Crippen LogP contribution in [-0.4, -0.2) is 30.8 Å². The van der Waals surface area contributed by atoms with Crippen LogP contribution in [0.4, 0.5) is 0 Å². The van der Waals surface area contributed by atoms with Gasteiger partial charge in [-0.05, 0) is 36.6 Å². The maximum absolute atomic E-state index is 11.0. The first-order valence-corrected chi connectivity index (χ1v) is 6.51. The molecule has 2 aliphatic heterocycles. The Hall–Kier alpha value is -1.75. The summed E-state index contributed by atoms with van der Waals surface area (Å²) < 4.78 is 11.1. The maximum Gasteiger partial charge on any atom is 0.307 e. The van der Waals surface area contributed by atoms with Crippen molar-refractivity contribution in [2.45, 2.75) is 19.4 Å². The zero-order valence-electron chi connectivity index (χ0n) is 10.8. The van der Waals surface area contributed by atoms with Gasteiger partial charge in [0.2, 0.25) is 0 Å². The van der Waals surface area contributed by atoms with Crippen molar-refractivity contribution >= 4 is 5.97 Å². The molecule has 19 heavy (non-hydrogen) atoms. The molecule has 2 aliphatic rings. The first kappa shape index (κ1) is 12.3. The Kier molecular flexibility index (Phi) is 3.06. The third kappa shape index (κ3) is 2.26. The van der Waals surface area contributed by atoms with Gasteiger partial charge < -0.3 is 19.9 Å². The quantitative estimate of drug-likeness (QED) is 0.846. The second kappa shape index (κ2) is 4.74. The minimum absolute atomic E-state index is 0.0805. The van der Waals surface area contributed by atoms with E-state index in [2.05, 4.69) is 5.32 Å². The number of fused-ring (bicyclic) bond motifs is 1. The SMILES string of the molecule is Cc1cc2c(cc1C1CC(C(=O)O)CN1)OCCO2. The number of ether oxygens (including phenoxy) is 2. The summed E-state index contributed by atoms with van der Waals surface area (Å²) in [5.74, 6) is 0.496. The smallest absolute Gasteiger partial charge is 0.307 e. The topological polar surface area (TPSA) is 67.8 Å². The maximum atomic E-state index is 11.0. The number of carboxylic acid groups (broad SMARTS) is 1. The number of hydrogen-bond donors (Lipinski definition) is 2. The molecular formula is C14H17NO4. The van der Waals surface area contributed by atoms with Crippen LogP contribution < -0.4 is 14.8 Å². The number of carbonyl (C=O) groups is 1. The van der Waals surface area contributed by atoms with Crippen LogP contribution in [-0.2, 0) is 4.79 Å². The van der Waals surface area contributed by atoms with E-state index in [1.807, 2.05) is 19.1 Å². The van der Waals surface area contributed by atoms with E-state index in [4.69, 9.17) is 14.6 Å². The predicted molar refractivity (Wildman–Crippen MR) is 68.7 cm³/mol. The summed E-state index contributed by atoms with van der Waals surface area (Å²) in [6.07, 6.45) is 0.621. The third-order valence-electron chi connectivity index (χ3n) is 3.79. The van der Waals surface area contributed by atoms with Crippen molar-refractivity contribution < 1.29 is 19.4 Å². The van der Waals surface area contributed by atoms with Crippen LogP contribution in [0.5, 0.6) is 11.5 Å². The average Bonchev–Trinajstić information content (AvgIpc) is 2.87. The van der Waals surface area contributed by atoms with E-state index in [1.54, 1.807) is 0 Å². The molecule has 0 bridgehead atoms. The van der Waals surface area contributed by atoms with Crippen molar-refractivity contribution in [3.05, 3.63) is 23.3 Å². The number of rotatable bonds is 2. The molecule has 1 aromatic carbocycles. The fraction of sp³-hybridized carbons (Fsp3) is 0.500. The van der Waals surface area contributed by atoms with E-state index in [9.17, 15) is 4.79 Å². The van der Waals surface area contributed by atoms with Crippen molar-refractivity contribution in [3.8, 4) is 11.5 Å². The fourth-order valence-corrected chi connectivity index (χ4v) is 2.74. The first-order valence-electron chi connectivity index (χ1n) is 6.51. The van der Waals surface area contributed by atoms with Crippen molar-refractivity contribution in [2.24, 2.45) is 5.92 Å². The molecular weight excluding hydrogens is 246 g/mol. The highest BCUT2D eigenvalue weighted by atomic mass is 16.6. The Bertz CT molecular complexity index is 514. The number of carboxylic acids is 1. The molecule has 0 spiro atoms. The van der Waals surface area contributed by atoms with Gasteiger partial charge in [-0.3, -0.25) is 4.79 Å². The molecule has 2 heterocycles. The van der Waals surface area contributed by atoms with Gasteiger partial charge in [0.25, 0.3) is 0 Å². The highest BCUT2D eigenvalue weighted by molar-refractivity contribution is 5.71. The van der Waals surface area contributed by atoms with Gasteiger partial charge in [-0.1, -0.05) is 0 Å². The number of aliphatic carboxylic acids is 1. The largest absolute Gasteiger partial charge is 0.486 e. The zero-order chi connectivity index (χ0) is 13.4. The Morgan fingerprint density at radius 1 is 1.32 bits per heavy atom. The fourth-order valence-electron chi connectivity index (χ4n) is 2.74. The Morgan fingerprint density at radius 2 is 2.00 bits per heavy atom. The lowest BCUT2D eigenvalue weighted by molar-refractivity contribution is -0.141. The molecule has 2 atom stereocenters. The average molecular weight is 263 g/mol. The van der Waals surface area contributed by atoms with E-state index < -0.39 is 5.97 Å². The van der Waals surface area contributed by atoms with Gasteiger partial charge in [-0.2, -0.15) is 0 Å². The van der Waals surface area contributed by atoms with E-state index in [-0.39, 0.29) is 12.0 Å². The third-order valence-corrected chi connectivity index (χ3v) is 3.79. The van der Waals surface area contributed by atoms with Crippen molar-refractivity contribution in [3.63, 3.8) is 0 Å². The highest BCUT2D eigenvalue weighted by Crippen LogP contribution is 2.38. The summed E-state index contributed by atoms with van der Waals surface area (Å²) in [5.41, 5.74) is 2.21. The van der Waals surface area contributed by atoms with Gasteiger partial charge in [-0.25, -0.2) is 0 Å². The van der Waals surface area contributed by atoms with Crippen molar-refractivity contribution in [2.75, 3.05) is 19.8 Å². The molecule has 0 radical (unpaired) electrons. The molecule has 0 aliphatic carbocycles. The second-order valence-corrected chi connectivity index (χ2v) is 5.08. The Balaban J connectivity index is 1.87. The lowest BCUT2D eigenvalue weighted by atomic mass is 9.96. The van der Waals surface area contributed by atoms with Gasteiger partial charge in [0.15, 0.2) is 11.5 Å². The summed E-state index contributed by atoms with van der Waals surface area (Å²) in [6.45, 7) is 3.68. The molecule has 0 aromatic heterocycles. The van der Waals surface area contributed by atoms with Gasteiger partial charge in [-0.15, -0.1) is 0 Å². The number of aryl methyl sites for hydroxylation is 1. The minimum atomic E-state index is -0.731. The summed E-state index contributed by atoms with van der Waals surface area (Å²) in [7, 11) is 0. The summed E-state index contributed by atoms with van der Waals surface area (Å²) >= 11 is 0. The molecule has 3 rings (SSSR count). The summed E-state index contributed by atoms with van der Waals surface area (Å²) in [5, 5.41) is 12.3. The lowest BCUT2D eigenvalue weighted by Gasteiger charge is -2.22. The highest BCUT2D eigenvalue weighted by Gasteiger charge is 2.31. The van der Waals surface area contributed by atoms with Crippen molar-refractivity contribution in [1.82, 2.24) is 5.32 Å². The molecule has 1 fully saturated rings. The minimum Gasteiger partial charge on any atom is -0.486 e. The lowest BCUT2D eigenvalue weighted by Crippen LogP contribution is -2.19. The molecule has 102 valence electrons. The molecule has 0 saturated carbocycles. The van der Waals surface area contributed by atoms with Gasteiger partial charge in [0.1, 0.15) is 13.2 Å². The van der Waals surface area contributed by atoms with Gasteiger partial charge in [0, 0.05) is 12.6 Å². The zero-order valence-corrected chi connectivity index (χ0v) is 10.8. The predicted octanol–water partition coefficient (Wildman–Crippen LogP) is 1.50. The monoisotopic (exact) mass is 263 g/mol. The van der Waals surface area contributed by atoms with Crippen molar-refractivity contribution in [1.29, 1.82) is 0 Å². The van der Waals surface area contributed by atoms with Crippen LogP contribution in [0.25, 0.3) is 0 Å². The van der Waals surface area contributed by atoms with Crippen LogP contribution in [0.2, 0.25) is 0 Å². The van der Waals surface area contributed by atoms with Gasteiger partial charge >= 0.3 is 5.97 Å². The van der Waals surface area contributed by atoms with Gasteiger partial charge in [0.05, 0.1) is 5.92 Å². The Labute approximate surface area is 111 Å². The molecule has 1 aromatic rings. The van der Waals surface area contributed by atoms with Crippen LogP contribution in [0.1, 0.15) is 23.6 Å².